The van der Waals surface area contributed by atoms with Crippen LogP contribution in [0.2, 0.25) is 10.0 Å². The number of anilines is 1. The van der Waals surface area contributed by atoms with Gasteiger partial charge in [-0.25, -0.2) is 4.39 Å². The van der Waals surface area contributed by atoms with Gasteiger partial charge in [-0.1, -0.05) is 35.0 Å². The van der Waals surface area contributed by atoms with E-state index in [-0.39, 0.29) is 16.7 Å². The van der Waals surface area contributed by atoms with Crippen LogP contribution in [-0.4, -0.2) is 26.4 Å². The van der Waals surface area contributed by atoms with Crippen LogP contribution in [0.15, 0.2) is 70.4 Å². The minimum absolute atomic E-state index is 0.0601. The summed E-state index contributed by atoms with van der Waals surface area (Å²) in [6, 6.07) is 14.7. The molecule has 0 saturated heterocycles. The molecule has 4 rings (SSSR count). The van der Waals surface area contributed by atoms with E-state index in [0.717, 1.165) is 17.4 Å². The number of hydrogen-bond donors (Lipinski definition) is 1. The highest BCUT2D eigenvalue weighted by atomic mass is 35.5. The Morgan fingerprint density at radius 3 is 2.65 bits per heavy atom. The molecule has 0 saturated carbocycles. The molecule has 1 amide bonds. The fourth-order valence-electron chi connectivity index (χ4n) is 2.82. The molecule has 6 nitrogen and oxygen atoms in total. The summed E-state index contributed by atoms with van der Waals surface area (Å²) >= 11 is 13.2. The molecule has 2 aromatic carbocycles. The Morgan fingerprint density at radius 2 is 1.94 bits per heavy atom. The molecule has 2 heterocycles. The van der Waals surface area contributed by atoms with Crippen molar-refractivity contribution in [2.75, 3.05) is 11.1 Å². The monoisotopic (exact) mass is 476 g/mol. The second-order valence-corrected chi connectivity index (χ2v) is 8.23. The van der Waals surface area contributed by atoms with Gasteiger partial charge in [0.2, 0.25) is 5.91 Å². The van der Waals surface area contributed by atoms with E-state index in [1.807, 2.05) is 22.8 Å². The lowest BCUT2D eigenvalue weighted by molar-refractivity contribution is -0.113. The van der Waals surface area contributed by atoms with E-state index in [0.29, 0.717) is 28.2 Å². The number of carbonyl (C=O) groups excluding carboxylic acids is 1. The third kappa shape index (κ3) is 5.28. The summed E-state index contributed by atoms with van der Waals surface area (Å²) in [6.45, 7) is 0.395. The fraction of sp³-hybridized carbons (Fsp3) is 0.0952. The molecule has 2 aromatic heterocycles. The van der Waals surface area contributed by atoms with Crippen molar-refractivity contribution in [2.24, 2.45) is 0 Å². The first-order valence-electron chi connectivity index (χ1n) is 9.09. The van der Waals surface area contributed by atoms with Crippen molar-refractivity contribution in [1.82, 2.24) is 14.8 Å². The van der Waals surface area contributed by atoms with Crippen molar-refractivity contribution >= 4 is 46.6 Å². The third-order valence-corrected chi connectivity index (χ3v) is 5.78. The Morgan fingerprint density at radius 1 is 1.13 bits per heavy atom. The quantitative estimate of drug-likeness (QED) is 0.343. The van der Waals surface area contributed by atoms with Gasteiger partial charge in [-0.3, -0.25) is 9.36 Å². The standard InChI is InChI=1S/C21H15Cl2FN4O2S/c22-14-5-3-13(4-6-14)20-26-27-21(28(20)11-16-2-1-9-30-16)31-12-19(29)25-18-8-7-15(24)10-17(18)23/h1-10H,11-12H2,(H,25,29). The van der Waals surface area contributed by atoms with Gasteiger partial charge in [0.25, 0.3) is 0 Å². The van der Waals surface area contributed by atoms with Gasteiger partial charge in [0.05, 0.1) is 29.3 Å². The summed E-state index contributed by atoms with van der Waals surface area (Å²) in [5.74, 6) is 0.624. The number of aromatic nitrogens is 3. The summed E-state index contributed by atoms with van der Waals surface area (Å²) in [7, 11) is 0. The van der Waals surface area contributed by atoms with Crippen LogP contribution in [0.5, 0.6) is 0 Å². The van der Waals surface area contributed by atoms with Gasteiger partial charge in [0.1, 0.15) is 11.6 Å². The second-order valence-electron chi connectivity index (χ2n) is 6.44. The second kappa shape index (κ2) is 9.55. The maximum atomic E-state index is 13.2. The summed E-state index contributed by atoms with van der Waals surface area (Å²) in [5.41, 5.74) is 1.17. The first-order chi connectivity index (χ1) is 15.0. The lowest BCUT2D eigenvalue weighted by Gasteiger charge is -2.10. The smallest absolute Gasteiger partial charge is 0.234 e. The first-order valence-corrected chi connectivity index (χ1v) is 10.8. The number of halogens is 3. The molecule has 10 heteroatoms. The maximum Gasteiger partial charge on any atom is 0.234 e. The Bertz CT molecular complexity index is 1200. The number of rotatable bonds is 7. The lowest BCUT2D eigenvalue weighted by Crippen LogP contribution is -2.15. The van der Waals surface area contributed by atoms with Crippen molar-refractivity contribution in [2.45, 2.75) is 11.7 Å². The van der Waals surface area contributed by atoms with Crippen molar-refractivity contribution in [1.29, 1.82) is 0 Å². The number of nitrogens with zero attached hydrogens (tertiary/aromatic N) is 3. The molecule has 1 N–H and O–H groups in total. The third-order valence-electron chi connectivity index (χ3n) is 4.25. The van der Waals surface area contributed by atoms with Crippen LogP contribution in [0.1, 0.15) is 5.76 Å². The number of carbonyl (C=O) groups is 1. The molecule has 4 aromatic rings. The number of furan rings is 1. The molecule has 0 aliphatic carbocycles. The maximum absolute atomic E-state index is 13.2. The van der Waals surface area contributed by atoms with E-state index in [4.69, 9.17) is 27.6 Å². The van der Waals surface area contributed by atoms with Crippen molar-refractivity contribution < 1.29 is 13.6 Å². The topological polar surface area (TPSA) is 73.0 Å². The van der Waals surface area contributed by atoms with E-state index < -0.39 is 5.82 Å². The van der Waals surface area contributed by atoms with Gasteiger partial charge < -0.3 is 9.73 Å². The molecular formula is C21H15Cl2FN4O2S. The van der Waals surface area contributed by atoms with Crippen LogP contribution in [0.3, 0.4) is 0 Å². The van der Waals surface area contributed by atoms with E-state index in [2.05, 4.69) is 15.5 Å². The molecule has 0 aliphatic heterocycles. The molecule has 0 atom stereocenters. The predicted octanol–water partition coefficient (Wildman–Crippen LogP) is 5.76. The minimum Gasteiger partial charge on any atom is -0.467 e. The van der Waals surface area contributed by atoms with Crippen molar-refractivity contribution in [3.05, 3.63) is 82.5 Å². The summed E-state index contributed by atoms with van der Waals surface area (Å²) in [4.78, 5) is 12.4. The molecule has 158 valence electrons. The van der Waals surface area contributed by atoms with Crippen molar-refractivity contribution in [3.8, 4) is 11.4 Å². The van der Waals surface area contributed by atoms with Gasteiger partial charge >= 0.3 is 0 Å². The highest BCUT2D eigenvalue weighted by molar-refractivity contribution is 7.99. The Balaban J connectivity index is 1.53. The molecule has 31 heavy (non-hydrogen) atoms. The van der Waals surface area contributed by atoms with Gasteiger partial charge in [0, 0.05) is 10.6 Å². The Labute approximate surface area is 191 Å². The zero-order chi connectivity index (χ0) is 21.8. The van der Waals surface area contributed by atoms with Crippen molar-refractivity contribution in [3.63, 3.8) is 0 Å². The van der Waals surface area contributed by atoms with Crippen LogP contribution in [-0.2, 0) is 11.3 Å². The summed E-state index contributed by atoms with van der Waals surface area (Å²) in [6.07, 6.45) is 1.59. The largest absolute Gasteiger partial charge is 0.467 e. The van der Waals surface area contributed by atoms with Crippen LogP contribution in [0, 0.1) is 5.82 Å². The van der Waals surface area contributed by atoms with Crippen LogP contribution >= 0.6 is 35.0 Å². The van der Waals surface area contributed by atoms with E-state index in [1.54, 1.807) is 24.5 Å². The normalized spacial score (nSPS) is 10.9. The highest BCUT2D eigenvalue weighted by Crippen LogP contribution is 2.27. The molecular weight excluding hydrogens is 462 g/mol. The van der Waals surface area contributed by atoms with Crippen LogP contribution in [0.25, 0.3) is 11.4 Å². The Hall–Kier alpha value is -2.81. The Kier molecular flexibility index (Phi) is 6.60. The molecule has 0 bridgehead atoms. The number of thioether (sulfide) groups is 1. The van der Waals surface area contributed by atoms with Gasteiger partial charge in [-0.05, 0) is 54.6 Å². The highest BCUT2D eigenvalue weighted by Gasteiger charge is 2.17. The average Bonchev–Trinajstić information content (AvgIpc) is 3.40. The van der Waals surface area contributed by atoms with Crippen LogP contribution in [0.4, 0.5) is 10.1 Å². The molecule has 0 fully saturated rings. The minimum atomic E-state index is -0.474. The number of benzene rings is 2. The summed E-state index contributed by atoms with van der Waals surface area (Å²) < 4.78 is 20.5. The van der Waals surface area contributed by atoms with E-state index >= 15 is 0 Å². The average molecular weight is 477 g/mol. The SMILES string of the molecule is O=C(CSc1nnc(-c2ccc(Cl)cc2)n1Cc1ccco1)Nc1ccc(F)cc1Cl. The van der Waals surface area contributed by atoms with Gasteiger partial charge in [-0.15, -0.1) is 10.2 Å². The molecule has 0 spiro atoms. The number of nitrogens with one attached hydrogen (secondary N) is 1. The lowest BCUT2D eigenvalue weighted by atomic mass is 10.2. The zero-order valence-corrected chi connectivity index (χ0v) is 18.2. The van der Waals surface area contributed by atoms with Gasteiger partial charge in [-0.2, -0.15) is 0 Å². The van der Waals surface area contributed by atoms with E-state index in [9.17, 15) is 9.18 Å². The number of amides is 1. The first kappa shape index (κ1) is 21.4. The molecule has 0 radical (unpaired) electrons. The fourth-order valence-corrected chi connectivity index (χ4v) is 3.89. The summed E-state index contributed by atoms with van der Waals surface area (Å²) in [5, 5.41) is 12.5. The van der Waals surface area contributed by atoms with Crippen LogP contribution < -0.4 is 5.32 Å². The predicted molar refractivity (Wildman–Crippen MR) is 119 cm³/mol. The van der Waals surface area contributed by atoms with E-state index in [1.165, 1.54) is 23.9 Å². The molecule has 0 unspecified atom stereocenters. The zero-order valence-electron chi connectivity index (χ0n) is 15.9. The van der Waals surface area contributed by atoms with Gasteiger partial charge in [0.15, 0.2) is 11.0 Å². The number of hydrogen-bond acceptors (Lipinski definition) is 5. The molecule has 0 aliphatic rings.